The van der Waals surface area contributed by atoms with Gasteiger partial charge in [-0.2, -0.15) is 0 Å². The molecule has 0 aliphatic carbocycles. The molecule has 3 aromatic rings. The Hall–Kier alpha value is -1.04. The zero-order valence-electron chi connectivity index (χ0n) is 16.3. The normalized spacial score (nSPS) is 11.3. The van der Waals surface area contributed by atoms with Crippen molar-refractivity contribution in [2.75, 3.05) is 20.1 Å². The molecule has 2 N–H and O–H groups in total. The van der Waals surface area contributed by atoms with Crippen molar-refractivity contribution in [3.8, 4) is 10.6 Å². The number of hydrogen-bond donors (Lipinski definition) is 2. The number of nitrogens with one attached hydrogen (secondary N) is 2. The van der Waals surface area contributed by atoms with Crippen molar-refractivity contribution in [3.63, 3.8) is 0 Å². The summed E-state index contributed by atoms with van der Waals surface area (Å²) >= 11 is 5.31. The Labute approximate surface area is 195 Å². The minimum atomic E-state index is 0. The maximum atomic E-state index is 4.56. The molecule has 0 saturated heterocycles. The fraction of sp³-hybridized carbons (Fsp3) is 0.421. The number of aromatic nitrogens is 2. The van der Waals surface area contributed by atoms with Crippen LogP contribution in [-0.4, -0.2) is 36.1 Å². The Morgan fingerprint density at radius 2 is 1.89 bits per heavy atom. The topological polar surface area (TPSA) is 62.2 Å². The monoisotopic (exact) mass is 547 g/mol. The van der Waals surface area contributed by atoms with Crippen LogP contribution in [0.3, 0.4) is 0 Å². The third-order valence-corrected chi connectivity index (χ3v) is 7.14. The van der Waals surface area contributed by atoms with E-state index in [0.717, 1.165) is 49.0 Å². The van der Waals surface area contributed by atoms with Crippen LogP contribution in [0.25, 0.3) is 10.6 Å². The molecule has 0 saturated carbocycles. The van der Waals surface area contributed by atoms with Gasteiger partial charge >= 0.3 is 0 Å². The van der Waals surface area contributed by atoms with Gasteiger partial charge in [0, 0.05) is 47.9 Å². The van der Waals surface area contributed by atoms with Gasteiger partial charge in [-0.25, -0.2) is 9.97 Å². The van der Waals surface area contributed by atoms with Gasteiger partial charge < -0.3 is 10.6 Å². The summed E-state index contributed by atoms with van der Waals surface area (Å²) in [5, 5.41) is 11.2. The predicted octanol–water partition coefficient (Wildman–Crippen LogP) is 4.77. The van der Waals surface area contributed by atoms with Crippen molar-refractivity contribution in [2.24, 2.45) is 4.99 Å². The molecule has 5 nitrogen and oxygen atoms in total. The van der Waals surface area contributed by atoms with Crippen LogP contribution in [0.1, 0.15) is 26.7 Å². The van der Waals surface area contributed by atoms with Crippen LogP contribution in [0.2, 0.25) is 0 Å². The lowest BCUT2D eigenvalue weighted by molar-refractivity contribution is 0.785. The first-order chi connectivity index (χ1) is 13.2. The number of guanidine groups is 1. The summed E-state index contributed by atoms with van der Waals surface area (Å²) in [7, 11) is 1.81. The van der Waals surface area contributed by atoms with Crippen molar-refractivity contribution in [2.45, 2.75) is 33.1 Å². The summed E-state index contributed by atoms with van der Waals surface area (Å²) in [5.41, 5.74) is 1.09. The van der Waals surface area contributed by atoms with Gasteiger partial charge in [0.15, 0.2) is 5.96 Å². The minimum Gasteiger partial charge on any atom is -0.356 e. The second-order valence-corrected chi connectivity index (χ2v) is 9.45. The summed E-state index contributed by atoms with van der Waals surface area (Å²) in [6.07, 6.45) is 4.93. The number of halogens is 1. The van der Waals surface area contributed by atoms with Crippen LogP contribution in [-0.2, 0) is 19.3 Å². The first-order valence-corrected chi connectivity index (χ1v) is 11.6. The van der Waals surface area contributed by atoms with Crippen molar-refractivity contribution in [1.29, 1.82) is 0 Å². The molecule has 3 rings (SSSR count). The van der Waals surface area contributed by atoms with Crippen LogP contribution < -0.4 is 10.6 Å². The Morgan fingerprint density at radius 1 is 1.11 bits per heavy atom. The maximum absolute atomic E-state index is 4.56. The third-order valence-electron chi connectivity index (χ3n) is 4.00. The summed E-state index contributed by atoms with van der Waals surface area (Å²) in [5.74, 6) is 0.842. The van der Waals surface area contributed by atoms with Gasteiger partial charge in [0.25, 0.3) is 0 Å². The second kappa shape index (κ2) is 11.8. The highest BCUT2D eigenvalue weighted by atomic mass is 127. The van der Waals surface area contributed by atoms with E-state index in [4.69, 9.17) is 0 Å². The number of thiophene rings is 1. The first kappa shape index (κ1) is 23.2. The number of aryl methyl sites for hydroxylation is 2. The number of hydrogen-bond acceptors (Lipinski definition) is 6. The van der Waals surface area contributed by atoms with Crippen molar-refractivity contribution in [1.82, 2.24) is 20.6 Å². The van der Waals surface area contributed by atoms with Gasteiger partial charge in [-0.3, -0.25) is 4.99 Å². The highest BCUT2D eigenvalue weighted by molar-refractivity contribution is 14.0. The fourth-order valence-electron chi connectivity index (χ4n) is 2.57. The Balaban J connectivity index is 0.00000280. The second-order valence-electron chi connectivity index (χ2n) is 6.02. The summed E-state index contributed by atoms with van der Waals surface area (Å²) < 4.78 is 0. The lowest BCUT2D eigenvalue weighted by atomic mass is 10.3. The zero-order chi connectivity index (χ0) is 19.1. The number of rotatable bonds is 8. The smallest absolute Gasteiger partial charge is 0.191 e. The highest BCUT2D eigenvalue weighted by Gasteiger charge is 2.07. The minimum absolute atomic E-state index is 0. The van der Waals surface area contributed by atoms with E-state index in [0.29, 0.717) is 0 Å². The molecule has 0 aromatic carbocycles. The van der Waals surface area contributed by atoms with Gasteiger partial charge in [-0.15, -0.1) is 58.0 Å². The van der Waals surface area contributed by atoms with E-state index in [2.05, 4.69) is 50.0 Å². The quantitative estimate of drug-likeness (QED) is 0.243. The maximum Gasteiger partial charge on any atom is 0.191 e. The molecule has 3 heterocycles. The molecule has 152 valence electrons. The standard InChI is InChI=1S/C19H25N5S3.HI/c1-4-14-11-23-18(27-14)8-10-22-19(20-3)21-9-7-15-5-6-17(26-15)16-12-25-13(2)24-16;/h5-6,11-12H,4,7-10H2,1-3H3,(H2,20,21,22);1H. The summed E-state index contributed by atoms with van der Waals surface area (Å²) in [6, 6.07) is 4.36. The van der Waals surface area contributed by atoms with Crippen LogP contribution in [0, 0.1) is 6.92 Å². The molecule has 0 amide bonds. The third kappa shape index (κ3) is 6.78. The van der Waals surface area contributed by atoms with Gasteiger partial charge in [0.1, 0.15) is 0 Å². The molecular weight excluding hydrogens is 521 g/mol. The summed E-state index contributed by atoms with van der Waals surface area (Å²) in [4.78, 5) is 17.3. The van der Waals surface area contributed by atoms with Crippen molar-refractivity contribution < 1.29 is 0 Å². The van der Waals surface area contributed by atoms with Gasteiger partial charge in [-0.1, -0.05) is 6.92 Å². The van der Waals surface area contributed by atoms with Crippen LogP contribution in [0.5, 0.6) is 0 Å². The van der Waals surface area contributed by atoms with E-state index in [-0.39, 0.29) is 24.0 Å². The summed E-state index contributed by atoms with van der Waals surface area (Å²) in [6.45, 7) is 5.90. The van der Waals surface area contributed by atoms with E-state index in [1.165, 1.54) is 19.6 Å². The molecule has 9 heteroatoms. The zero-order valence-corrected chi connectivity index (χ0v) is 21.1. The predicted molar refractivity (Wildman–Crippen MR) is 134 cm³/mol. The number of thiazole rings is 2. The van der Waals surface area contributed by atoms with E-state index in [9.17, 15) is 0 Å². The van der Waals surface area contributed by atoms with Crippen molar-refractivity contribution in [3.05, 3.63) is 43.5 Å². The van der Waals surface area contributed by atoms with E-state index < -0.39 is 0 Å². The average molecular weight is 548 g/mol. The molecule has 0 bridgehead atoms. The Bertz CT molecular complexity index is 884. The molecule has 0 unspecified atom stereocenters. The molecular formula is C19H26IN5S3. The lowest BCUT2D eigenvalue weighted by Crippen LogP contribution is -2.39. The SMILES string of the molecule is CCc1cnc(CCNC(=NC)NCCc2ccc(-c3csc(C)n3)s2)s1.I. The first-order valence-electron chi connectivity index (χ1n) is 9.07. The Kier molecular flexibility index (Phi) is 9.83. The molecule has 28 heavy (non-hydrogen) atoms. The van der Waals surface area contributed by atoms with Crippen LogP contribution in [0.4, 0.5) is 0 Å². The van der Waals surface area contributed by atoms with Crippen LogP contribution in [0.15, 0.2) is 28.7 Å². The largest absolute Gasteiger partial charge is 0.356 e. The van der Waals surface area contributed by atoms with Gasteiger partial charge in [0.2, 0.25) is 0 Å². The molecule has 0 radical (unpaired) electrons. The number of aliphatic imine (C=N–C) groups is 1. The molecule has 0 aliphatic heterocycles. The molecule has 0 aliphatic rings. The molecule has 0 atom stereocenters. The van der Waals surface area contributed by atoms with E-state index in [1.807, 2.05) is 31.5 Å². The molecule has 3 aromatic heterocycles. The fourth-order valence-corrected chi connectivity index (χ4v) is 5.08. The lowest BCUT2D eigenvalue weighted by Gasteiger charge is -2.10. The highest BCUT2D eigenvalue weighted by Crippen LogP contribution is 2.29. The average Bonchev–Trinajstić information content (AvgIpc) is 3.41. The number of nitrogens with zero attached hydrogens (tertiary/aromatic N) is 3. The Morgan fingerprint density at radius 3 is 2.54 bits per heavy atom. The van der Waals surface area contributed by atoms with Gasteiger partial charge in [0.05, 0.1) is 20.6 Å². The molecule has 0 spiro atoms. The molecule has 0 fully saturated rings. The van der Waals surface area contributed by atoms with Crippen molar-refractivity contribution >= 4 is 63.9 Å². The van der Waals surface area contributed by atoms with E-state index in [1.54, 1.807) is 22.7 Å². The van der Waals surface area contributed by atoms with Gasteiger partial charge in [-0.05, 0) is 31.9 Å². The van der Waals surface area contributed by atoms with E-state index >= 15 is 0 Å². The van der Waals surface area contributed by atoms with Crippen LogP contribution >= 0.6 is 58.0 Å².